The van der Waals surface area contributed by atoms with E-state index in [-0.39, 0.29) is 6.04 Å². The molecule has 5 nitrogen and oxygen atoms in total. The third kappa shape index (κ3) is 3.00. The number of hydrogen-bond donors (Lipinski definition) is 2. The number of nitrogens with one attached hydrogen (secondary N) is 1. The van der Waals surface area contributed by atoms with Crippen molar-refractivity contribution < 1.29 is 9.50 Å². The average molecular weight is 258 g/mol. The van der Waals surface area contributed by atoms with Gasteiger partial charge < -0.3 is 5.11 Å². The summed E-state index contributed by atoms with van der Waals surface area (Å²) < 4.78 is 14.3. The Hall–Kier alpha value is -1.59. The van der Waals surface area contributed by atoms with Crippen LogP contribution in [0.2, 0.25) is 0 Å². The summed E-state index contributed by atoms with van der Waals surface area (Å²) in [6.45, 7) is 3.96. The maximum absolute atomic E-state index is 13.3. The summed E-state index contributed by atoms with van der Waals surface area (Å²) >= 11 is 0. The maximum atomic E-state index is 13.3. The van der Waals surface area contributed by atoms with Gasteiger partial charge in [0.05, 0.1) is 0 Å². The van der Waals surface area contributed by atoms with Crippen LogP contribution < -0.4 is 11.2 Å². The highest BCUT2D eigenvalue weighted by Gasteiger charge is 2.20. The highest BCUT2D eigenvalue weighted by atomic mass is 19.1. The van der Waals surface area contributed by atoms with Crippen LogP contribution in [0.3, 0.4) is 0 Å². The average Bonchev–Trinajstić information content (AvgIpc) is 2.33. The summed E-state index contributed by atoms with van der Waals surface area (Å²) in [4.78, 5) is 24.6. The molecular weight excluding hydrogens is 239 g/mol. The highest BCUT2D eigenvalue weighted by Crippen LogP contribution is 2.23. The zero-order valence-electron chi connectivity index (χ0n) is 10.7. The van der Waals surface area contributed by atoms with Crippen LogP contribution in [0.25, 0.3) is 0 Å². The van der Waals surface area contributed by atoms with Crippen LogP contribution in [0.4, 0.5) is 4.39 Å². The zero-order valence-corrected chi connectivity index (χ0v) is 10.7. The van der Waals surface area contributed by atoms with Crippen molar-refractivity contribution in [3.8, 4) is 5.88 Å². The summed E-state index contributed by atoms with van der Waals surface area (Å²) in [5.74, 6) is -2.16. The number of aromatic nitrogens is 2. The molecule has 1 heterocycles. The van der Waals surface area contributed by atoms with E-state index >= 15 is 0 Å². The minimum absolute atomic E-state index is 0.284. The number of H-pyrrole nitrogens is 1. The second-order valence-electron chi connectivity index (χ2n) is 4.35. The molecule has 0 aliphatic heterocycles. The van der Waals surface area contributed by atoms with E-state index in [1.54, 1.807) is 0 Å². The molecule has 18 heavy (non-hydrogen) atoms. The van der Waals surface area contributed by atoms with E-state index in [9.17, 15) is 19.1 Å². The summed E-state index contributed by atoms with van der Waals surface area (Å²) in [5, 5.41) is 9.62. The molecule has 0 saturated heterocycles. The first-order valence-corrected chi connectivity index (χ1v) is 6.26. The van der Waals surface area contributed by atoms with Crippen molar-refractivity contribution in [1.29, 1.82) is 0 Å². The molecule has 1 aromatic heterocycles. The van der Waals surface area contributed by atoms with Crippen LogP contribution in [-0.2, 0) is 0 Å². The fourth-order valence-electron chi connectivity index (χ4n) is 2.03. The van der Waals surface area contributed by atoms with Gasteiger partial charge in [0.1, 0.15) is 0 Å². The molecule has 0 aromatic carbocycles. The number of rotatable bonds is 6. The molecule has 2 N–H and O–H groups in total. The van der Waals surface area contributed by atoms with Gasteiger partial charge >= 0.3 is 5.69 Å². The summed E-state index contributed by atoms with van der Waals surface area (Å²) in [6.07, 6.45) is 3.95. The Morgan fingerprint density at radius 2 is 1.94 bits per heavy atom. The number of hydrogen-bond acceptors (Lipinski definition) is 3. The molecule has 0 spiro atoms. The molecule has 0 radical (unpaired) electrons. The number of aromatic hydroxyl groups is 1. The largest absolute Gasteiger partial charge is 0.492 e. The van der Waals surface area contributed by atoms with Crippen LogP contribution in [0, 0.1) is 5.82 Å². The van der Waals surface area contributed by atoms with E-state index in [1.807, 2.05) is 18.8 Å². The summed E-state index contributed by atoms with van der Waals surface area (Å²) in [5.41, 5.74) is -1.94. The lowest BCUT2D eigenvalue weighted by molar-refractivity contribution is 0.307. The van der Waals surface area contributed by atoms with E-state index in [2.05, 4.69) is 0 Å². The Balaban J connectivity index is 3.23. The predicted octanol–water partition coefficient (Wildman–Crippen LogP) is 1.91. The normalized spacial score (nSPS) is 12.6. The van der Waals surface area contributed by atoms with Crippen molar-refractivity contribution in [3.63, 3.8) is 0 Å². The van der Waals surface area contributed by atoms with E-state index in [1.165, 1.54) is 0 Å². The predicted molar refractivity (Wildman–Crippen MR) is 66.4 cm³/mol. The maximum Gasteiger partial charge on any atom is 0.331 e. The lowest BCUT2D eigenvalue weighted by Crippen LogP contribution is -2.34. The molecular formula is C12H19FN2O3. The van der Waals surface area contributed by atoms with E-state index in [0.29, 0.717) is 12.8 Å². The first-order valence-electron chi connectivity index (χ1n) is 6.26. The van der Waals surface area contributed by atoms with Crippen LogP contribution in [0.5, 0.6) is 5.88 Å². The first kappa shape index (κ1) is 14.5. The van der Waals surface area contributed by atoms with E-state index in [4.69, 9.17) is 0 Å². The van der Waals surface area contributed by atoms with Crippen molar-refractivity contribution in [2.24, 2.45) is 0 Å². The van der Waals surface area contributed by atoms with Gasteiger partial charge in [-0.1, -0.05) is 33.1 Å². The molecule has 0 bridgehead atoms. The Morgan fingerprint density at radius 1 is 1.28 bits per heavy atom. The Labute approximate surface area is 104 Å². The third-order valence-corrected chi connectivity index (χ3v) is 2.94. The Kier molecular flexibility index (Phi) is 5.12. The molecule has 0 aliphatic rings. The first-order chi connectivity index (χ1) is 8.52. The quantitative estimate of drug-likeness (QED) is 0.818. The number of halogens is 1. The summed E-state index contributed by atoms with van der Waals surface area (Å²) in [6, 6.07) is -0.284. The van der Waals surface area contributed by atoms with Crippen LogP contribution in [0.15, 0.2) is 9.59 Å². The van der Waals surface area contributed by atoms with E-state index < -0.39 is 22.9 Å². The molecule has 0 aliphatic carbocycles. The van der Waals surface area contributed by atoms with Crippen LogP contribution in [-0.4, -0.2) is 14.7 Å². The number of nitrogens with zero attached hydrogens (tertiary/aromatic N) is 1. The molecule has 0 saturated carbocycles. The van der Waals surface area contributed by atoms with Gasteiger partial charge in [0.25, 0.3) is 5.56 Å². The van der Waals surface area contributed by atoms with Gasteiger partial charge in [-0.15, -0.1) is 0 Å². The standard InChI is InChI=1S/C12H19FN2O3/c1-3-5-7-8(6-4-2)15-11(17)9(13)10(16)14-12(15)18/h8,17H,3-7H2,1-2H3,(H,14,16,18). The lowest BCUT2D eigenvalue weighted by atomic mass is 10.0. The molecule has 1 atom stereocenters. The molecule has 102 valence electrons. The third-order valence-electron chi connectivity index (χ3n) is 2.94. The smallest absolute Gasteiger partial charge is 0.331 e. The monoisotopic (exact) mass is 258 g/mol. The topological polar surface area (TPSA) is 75.1 Å². The van der Waals surface area contributed by atoms with Gasteiger partial charge in [-0.2, -0.15) is 4.39 Å². The molecule has 1 rings (SSSR count). The zero-order chi connectivity index (χ0) is 13.7. The van der Waals surface area contributed by atoms with Gasteiger partial charge in [0.15, 0.2) is 0 Å². The molecule has 6 heteroatoms. The van der Waals surface area contributed by atoms with Crippen LogP contribution in [0.1, 0.15) is 52.0 Å². The number of aromatic amines is 1. The Morgan fingerprint density at radius 3 is 2.50 bits per heavy atom. The fraction of sp³-hybridized carbons (Fsp3) is 0.667. The molecule has 0 amide bonds. The van der Waals surface area contributed by atoms with Crippen molar-refractivity contribution in [2.45, 2.75) is 52.0 Å². The molecule has 0 fully saturated rings. The minimum atomic E-state index is -1.30. The second-order valence-corrected chi connectivity index (χ2v) is 4.35. The van der Waals surface area contributed by atoms with E-state index in [0.717, 1.165) is 23.8 Å². The van der Waals surface area contributed by atoms with Gasteiger partial charge in [0.2, 0.25) is 11.7 Å². The SMILES string of the molecule is CCCCC(CCC)n1c(O)c(F)c(=O)[nH]c1=O. The second kappa shape index (κ2) is 6.37. The van der Waals surface area contributed by atoms with Crippen molar-refractivity contribution in [3.05, 3.63) is 26.7 Å². The molecule has 1 aromatic rings. The van der Waals surface area contributed by atoms with Gasteiger partial charge in [-0.05, 0) is 12.8 Å². The van der Waals surface area contributed by atoms with Crippen LogP contribution >= 0.6 is 0 Å². The van der Waals surface area contributed by atoms with Crippen molar-refractivity contribution >= 4 is 0 Å². The molecule has 1 unspecified atom stereocenters. The van der Waals surface area contributed by atoms with Gasteiger partial charge in [-0.3, -0.25) is 14.3 Å². The van der Waals surface area contributed by atoms with Crippen molar-refractivity contribution in [1.82, 2.24) is 9.55 Å². The van der Waals surface area contributed by atoms with Gasteiger partial charge in [-0.25, -0.2) is 4.79 Å². The highest BCUT2D eigenvalue weighted by molar-refractivity contribution is 5.10. The van der Waals surface area contributed by atoms with Gasteiger partial charge in [0, 0.05) is 6.04 Å². The minimum Gasteiger partial charge on any atom is -0.492 e. The number of unbranched alkanes of at least 4 members (excludes halogenated alkanes) is 1. The lowest BCUT2D eigenvalue weighted by Gasteiger charge is -2.19. The Bertz CT molecular complexity index is 507. The fourth-order valence-corrected chi connectivity index (χ4v) is 2.03. The summed E-state index contributed by atoms with van der Waals surface area (Å²) in [7, 11) is 0. The van der Waals surface area contributed by atoms with Crippen molar-refractivity contribution in [2.75, 3.05) is 0 Å².